The first-order chi connectivity index (χ1) is 7.36. The maximum absolute atomic E-state index is 12.5. The third-order valence-corrected chi connectivity index (χ3v) is 6.93. The first kappa shape index (κ1) is 13.9. The van der Waals surface area contributed by atoms with Crippen molar-refractivity contribution in [2.45, 2.75) is 6.18 Å². The molecule has 0 saturated carbocycles. The number of benzene rings is 1. The second-order valence-corrected chi connectivity index (χ2v) is 5.79. The minimum absolute atomic E-state index is 0.308. The van der Waals surface area contributed by atoms with Gasteiger partial charge in [-0.15, -0.1) is 0 Å². The predicted molar refractivity (Wildman–Crippen MR) is 55.6 cm³/mol. The summed E-state index contributed by atoms with van der Waals surface area (Å²) < 4.78 is 37.2. The van der Waals surface area contributed by atoms with Gasteiger partial charge in [0.25, 0.3) is 0 Å². The van der Waals surface area contributed by atoms with Crippen LogP contribution in [-0.2, 0) is 0 Å². The molecule has 0 aliphatic rings. The molecular formula is C10H4F3NSn2+2. The second kappa shape index (κ2) is 5.45. The summed E-state index contributed by atoms with van der Waals surface area (Å²) in [6.45, 7) is 0. The predicted octanol–water partition coefficient (Wildman–Crippen LogP) is 2.13. The summed E-state index contributed by atoms with van der Waals surface area (Å²) in [5, 5.41) is 8.57. The van der Waals surface area contributed by atoms with Gasteiger partial charge in [0.05, 0.1) is 0 Å². The fourth-order valence-corrected chi connectivity index (χ4v) is 2.29. The molecule has 0 atom stereocenters. The zero-order valence-electron chi connectivity index (χ0n) is 7.89. The van der Waals surface area contributed by atoms with E-state index in [1.54, 1.807) is 12.1 Å². The SMILES string of the molecule is N#Cc1ccc(/[C]([Sn+])=[C](/[Sn+])C(F)(F)F)cc1. The maximum atomic E-state index is 12.5. The summed E-state index contributed by atoms with van der Waals surface area (Å²) in [5.74, 6) is 0. The molecule has 0 unspecified atom stereocenters. The Kier molecular flexibility index (Phi) is 4.73. The number of halogens is 3. The molecule has 1 aromatic carbocycles. The summed E-state index contributed by atoms with van der Waals surface area (Å²) in [6.07, 6.45) is -4.25. The number of hydrogen-bond acceptors (Lipinski definition) is 1. The Morgan fingerprint density at radius 2 is 1.62 bits per heavy atom. The van der Waals surface area contributed by atoms with Gasteiger partial charge in [-0.1, -0.05) is 0 Å². The number of hydrogen-bond donors (Lipinski definition) is 0. The topological polar surface area (TPSA) is 23.8 Å². The molecule has 0 aliphatic carbocycles. The summed E-state index contributed by atoms with van der Waals surface area (Å²) >= 11 is 1.09. The number of nitriles is 1. The molecule has 1 nitrogen and oxygen atoms in total. The second-order valence-electron chi connectivity index (χ2n) is 2.94. The fourth-order valence-electron chi connectivity index (χ4n) is 0.998. The van der Waals surface area contributed by atoms with Crippen LogP contribution in [0.25, 0.3) is 3.59 Å². The Balaban J connectivity index is 3.15. The Hall–Kier alpha value is -0.163. The molecule has 4 radical (unpaired) electrons. The van der Waals surface area contributed by atoms with E-state index in [9.17, 15) is 13.2 Å². The van der Waals surface area contributed by atoms with Gasteiger partial charge in [0.15, 0.2) is 0 Å². The zero-order chi connectivity index (χ0) is 12.3. The van der Waals surface area contributed by atoms with Crippen LogP contribution in [0.4, 0.5) is 13.2 Å². The molecule has 6 heteroatoms. The van der Waals surface area contributed by atoms with Gasteiger partial charge >= 0.3 is 118 Å². The summed E-state index contributed by atoms with van der Waals surface area (Å²) in [7, 11) is 0. The van der Waals surface area contributed by atoms with Crippen LogP contribution < -0.4 is 0 Å². The van der Waals surface area contributed by atoms with Crippen LogP contribution in [-0.4, -0.2) is 51.2 Å². The number of nitrogens with zero attached hydrogens (tertiary/aromatic N) is 1. The van der Waals surface area contributed by atoms with Crippen molar-refractivity contribution >= 4 is 48.6 Å². The van der Waals surface area contributed by atoms with E-state index >= 15 is 0 Å². The normalized spacial score (nSPS) is 12.9. The van der Waals surface area contributed by atoms with Crippen molar-refractivity contribution in [3.8, 4) is 6.07 Å². The van der Waals surface area contributed by atoms with Crippen LogP contribution in [0, 0.1) is 11.3 Å². The summed E-state index contributed by atoms with van der Waals surface area (Å²) in [5.41, 5.74) is 0.992. The van der Waals surface area contributed by atoms with Crippen molar-refractivity contribution in [3.05, 3.63) is 39.0 Å². The third kappa shape index (κ3) is 3.42. The molecule has 1 aromatic rings. The molecule has 0 amide bonds. The van der Waals surface area contributed by atoms with Crippen LogP contribution in [0.1, 0.15) is 11.1 Å². The molecule has 0 aliphatic heterocycles. The zero-order valence-corrected chi connectivity index (χ0v) is 13.6. The van der Waals surface area contributed by atoms with Gasteiger partial charge in [-0.3, -0.25) is 0 Å². The van der Waals surface area contributed by atoms with Crippen molar-refractivity contribution in [2.75, 3.05) is 0 Å². The first-order valence-electron chi connectivity index (χ1n) is 4.11. The van der Waals surface area contributed by atoms with Crippen molar-refractivity contribution in [2.24, 2.45) is 0 Å². The standard InChI is InChI=1S/C10H4F3N.2Sn/c11-10(12,13)6-5-8-1-3-9(7-14)4-2-8;;/h1-4H;;/q;2*+1. The first-order valence-corrected chi connectivity index (χ1v) is 6.97. The van der Waals surface area contributed by atoms with Crippen LogP contribution >= 0.6 is 0 Å². The molecule has 0 bridgehead atoms. The van der Waals surface area contributed by atoms with Gasteiger partial charge in [-0.25, -0.2) is 0 Å². The molecule has 16 heavy (non-hydrogen) atoms. The van der Waals surface area contributed by atoms with Crippen LogP contribution in [0.5, 0.6) is 0 Å². The Morgan fingerprint density at radius 1 is 1.12 bits per heavy atom. The van der Waals surface area contributed by atoms with E-state index in [2.05, 4.69) is 0 Å². The van der Waals surface area contributed by atoms with Gasteiger partial charge in [0, 0.05) is 0 Å². The number of rotatable bonds is 1. The van der Waals surface area contributed by atoms with E-state index in [-0.39, 0.29) is 0 Å². The van der Waals surface area contributed by atoms with E-state index in [4.69, 9.17) is 5.26 Å². The van der Waals surface area contributed by atoms with Gasteiger partial charge in [0.2, 0.25) is 0 Å². The summed E-state index contributed by atoms with van der Waals surface area (Å²) in [4.78, 5) is 0. The van der Waals surface area contributed by atoms with E-state index in [0.717, 1.165) is 22.5 Å². The molecule has 0 spiro atoms. The van der Waals surface area contributed by atoms with Crippen molar-refractivity contribution in [3.63, 3.8) is 0 Å². The van der Waals surface area contributed by atoms with E-state index in [1.807, 2.05) is 6.07 Å². The molecule has 0 aromatic heterocycles. The molecule has 0 saturated heterocycles. The van der Waals surface area contributed by atoms with Crippen molar-refractivity contribution in [1.29, 1.82) is 5.26 Å². The van der Waals surface area contributed by atoms with Gasteiger partial charge in [0.1, 0.15) is 0 Å². The monoisotopic (exact) mass is 435 g/mol. The Morgan fingerprint density at radius 3 is 2.00 bits per heavy atom. The van der Waals surface area contributed by atoms with Crippen molar-refractivity contribution in [1.82, 2.24) is 0 Å². The van der Waals surface area contributed by atoms with Crippen LogP contribution in [0.3, 0.4) is 0 Å². The molecule has 0 fully saturated rings. The number of alkyl halides is 3. The van der Waals surface area contributed by atoms with Crippen LogP contribution in [0.15, 0.2) is 27.9 Å². The molecule has 0 N–H and O–H groups in total. The Bertz CT molecular complexity index is 454. The van der Waals surface area contributed by atoms with Gasteiger partial charge in [-0.2, -0.15) is 0 Å². The summed E-state index contributed by atoms with van der Waals surface area (Å²) in [6, 6.07) is 8.09. The average molecular weight is 433 g/mol. The van der Waals surface area contributed by atoms with Crippen molar-refractivity contribution < 1.29 is 13.2 Å². The Labute approximate surface area is 118 Å². The van der Waals surface area contributed by atoms with Gasteiger partial charge < -0.3 is 0 Å². The third-order valence-electron chi connectivity index (χ3n) is 1.84. The van der Waals surface area contributed by atoms with Crippen LogP contribution in [0.2, 0.25) is 0 Å². The fraction of sp³-hybridized carbons (Fsp3) is 0.100. The molecular weight excluding hydrogens is 429 g/mol. The number of allylic oxidation sites excluding steroid dienone is 1. The molecule has 1 rings (SSSR count). The van der Waals surface area contributed by atoms with E-state index < -0.39 is 9.77 Å². The quantitative estimate of drug-likeness (QED) is 0.624. The van der Waals surface area contributed by atoms with Gasteiger partial charge in [-0.05, 0) is 0 Å². The average Bonchev–Trinajstić information content (AvgIpc) is 2.26. The minimum atomic E-state index is -4.25. The van der Waals surface area contributed by atoms with E-state index in [0.29, 0.717) is 37.2 Å². The molecule has 0 heterocycles. The van der Waals surface area contributed by atoms with E-state index in [1.165, 1.54) is 12.1 Å². The molecule has 76 valence electrons.